The predicted molar refractivity (Wildman–Crippen MR) is 86.7 cm³/mol. The van der Waals surface area contributed by atoms with E-state index in [1.54, 1.807) is 0 Å². The average molecular weight is 314 g/mol. The summed E-state index contributed by atoms with van der Waals surface area (Å²) in [6, 6.07) is 9.95. The van der Waals surface area contributed by atoms with Crippen molar-refractivity contribution in [3.63, 3.8) is 0 Å². The first kappa shape index (κ1) is 16.9. The number of hydrogen-bond acceptors (Lipinski definition) is 5. The van der Waals surface area contributed by atoms with Crippen LogP contribution in [0.25, 0.3) is 0 Å². The van der Waals surface area contributed by atoms with Gasteiger partial charge in [-0.2, -0.15) is 5.26 Å². The highest BCUT2D eigenvalue weighted by molar-refractivity contribution is 5.39. The zero-order valence-electron chi connectivity index (χ0n) is 13.8. The summed E-state index contributed by atoms with van der Waals surface area (Å²) in [5.41, 5.74) is 1.69. The summed E-state index contributed by atoms with van der Waals surface area (Å²) in [5, 5.41) is 13.3. The van der Waals surface area contributed by atoms with Gasteiger partial charge in [0.15, 0.2) is 11.5 Å². The Morgan fingerprint density at radius 3 is 2.48 bits per heavy atom. The number of aryl methyl sites for hydroxylation is 2. The van der Waals surface area contributed by atoms with Gasteiger partial charge in [0.25, 0.3) is 0 Å². The minimum atomic E-state index is -0.216. The summed E-state index contributed by atoms with van der Waals surface area (Å²) in [6.07, 6.45) is 1.47. The normalized spacial score (nSPS) is 11.7. The van der Waals surface area contributed by atoms with Gasteiger partial charge in [0.05, 0.1) is 30.9 Å². The highest BCUT2D eigenvalue weighted by atomic mass is 16.5. The minimum absolute atomic E-state index is 0.216. The lowest BCUT2D eigenvalue weighted by Gasteiger charge is -2.12. The first-order valence-electron chi connectivity index (χ1n) is 7.84. The molecule has 0 spiro atoms. The topological polar surface area (TPSA) is 68.3 Å². The maximum absolute atomic E-state index is 9.40. The molecule has 1 aromatic carbocycles. The van der Waals surface area contributed by atoms with Crippen LogP contribution in [-0.2, 0) is 0 Å². The molecule has 1 heterocycles. The Morgan fingerprint density at radius 2 is 1.91 bits per heavy atom. The minimum Gasteiger partial charge on any atom is -0.490 e. The van der Waals surface area contributed by atoms with E-state index in [-0.39, 0.29) is 5.92 Å². The summed E-state index contributed by atoms with van der Waals surface area (Å²) in [7, 11) is 0. The first-order chi connectivity index (χ1) is 11.2. The third-order valence-corrected chi connectivity index (χ3v) is 3.64. The van der Waals surface area contributed by atoms with Crippen molar-refractivity contribution in [1.82, 2.24) is 5.16 Å². The van der Waals surface area contributed by atoms with E-state index in [0.29, 0.717) is 19.6 Å². The van der Waals surface area contributed by atoms with Crippen LogP contribution in [0.2, 0.25) is 0 Å². The Kier molecular flexibility index (Phi) is 6.04. The van der Waals surface area contributed by atoms with E-state index in [1.807, 2.05) is 45.0 Å². The molecule has 0 N–H and O–H groups in total. The molecule has 0 aliphatic carbocycles. The zero-order valence-corrected chi connectivity index (χ0v) is 13.8. The lowest BCUT2D eigenvalue weighted by atomic mass is 9.94. The molecule has 0 aliphatic rings. The van der Waals surface area contributed by atoms with Crippen LogP contribution in [0.1, 0.15) is 42.7 Å². The molecule has 23 heavy (non-hydrogen) atoms. The second-order valence-corrected chi connectivity index (χ2v) is 5.29. The molecule has 1 aromatic heterocycles. The summed E-state index contributed by atoms with van der Waals surface area (Å²) in [4.78, 5) is 0. The van der Waals surface area contributed by atoms with Crippen LogP contribution in [0.4, 0.5) is 0 Å². The van der Waals surface area contributed by atoms with E-state index in [9.17, 15) is 5.26 Å². The van der Waals surface area contributed by atoms with Crippen molar-refractivity contribution < 1.29 is 14.0 Å². The van der Waals surface area contributed by atoms with Crippen molar-refractivity contribution in [2.45, 2.75) is 39.5 Å². The maximum Gasteiger partial charge on any atom is 0.161 e. The van der Waals surface area contributed by atoms with Crippen molar-refractivity contribution in [3.8, 4) is 17.6 Å². The molecule has 1 unspecified atom stereocenters. The molecule has 0 bridgehead atoms. The molecule has 122 valence electrons. The van der Waals surface area contributed by atoms with Crippen molar-refractivity contribution in [2.24, 2.45) is 0 Å². The highest BCUT2D eigenvalue weighted by Gasteiger charge is 2.19. The second-order valence-electron chi connectivity index (χ2n) is 5.29. The van der Waals surface area contributed by atoms with Gasteiger partial charge in [-0.05, 0) is 45.7 Å². The molecule has 0 amide bonds. The van der Waals surface area contributed by atoms with Crippen LogP contribution in [0.3, 0.4) is 0 Å². The van der Waals surface area contributed by atoms with Crippen LogP contribution in [0, 0.1) is 25.2 Å². The Balaban J connectivity index is 1.89. The van der Waals surface area contributed by atoms with Gasteiger partial charge < -0.3 is 14.0 Å². The van der Waals surface area contributed by atoms with Crippen molar-refractivity contribution in [3.05, 3.63) is 41.3 Å². The number of benzene rings is 1. The Labute approximate surface area is 136 Å². The van der Waals surface area contributed by atoms with Crippen molar-refractivity contribution in [1.29, 1.82) is 5.26 Å². The van der Waals surface area contributed by atoms with E-state index in [4.69, 9.17) is 14.0 Å². The highest BCUT2D eigenvalue weighted by Crippen LogP contribution is 2.29. The summed E-state index contributed by atoms with van der Waals surface area (Å²) >= 11 is 0. The fraction of sp³-hybridized carbons (Fsp3) is 0.444. The van der Waals surface area contributed by atoms with Gasteiger partial charge in [-0.1, -0.05) is 17.3 Å². The quantitative estimate of drug-likeness (QED) is 0.684. The smallest absolute Gasteiger partial charge is 0.161 e. The molecular weight excluding hydrogens is 292 g/mol. The summed E-state index contributed by atoms with van der Waals surface area (Å²) in [6.45, 7) is 6.78. The first-order valence-corrected chi connectivity index (χ1v) is 7.84. The molecule has 2 aromatic rings. The van der Waals surface area contributed by atoms with Crippen molar-refractivity contribution >= 4 is 0 Å². The van der Waals surface area contributed by atoms with Crippen LogP contribution in [-0.4, -0.2) is 18.4 Å². The van der Waals surface area contributed by atoms with Crippen LogP contribution >= 0.6 is 0 Å². The van der Waals surface area contributed by atoms with Gasteiger partial charge in [-0.3, -0.25) is 0 Å². The van der Waals surface area contributed by atoms with E-state index in [1.165, 1.54) is 0 Å². The molecule has 5 heteroatoms. The SMILES string of the molecule is CCOc1ccccc1OCCCC(C#N)c1c(C)noc1C. The number of rotatable bonds is 8. The Morgan fingerprint density at radius 1 is 1.22 bits per heavy atom. The number of aromatic nitrogens is 1. The molecule has 0 fully saturated rings. The standard InChI is InChI=1S/C18H22N2O3/c1-4-21-16-9-5-6-10-17(16)22-11-7-8-15(12-19)18-13(2)20-23-14(18)3/h5-6,9-10,15H,4,7-8,11H2,1-3H3. The molecule has 0 saturated carbocycles. The number of hydrogen-bond donors (Lipinski definition) is 0. The Bertz CT molecular complexity index is 654. The monoisotopic (exact) mass is 314 g/mol. The van der Waals surface area contributed by atoms with Gasteiger partial charge in [0, 0.05) is 5.56 Å². The number of ether oxygens (including phenoxy) is 2. The third kappa shape index (κ3) is 4.26. The average Bonchev–Trinajstić information content (AvgIpc) is 2.89. The summed E-state index contributed by atoms with van der Waals surface area (Å²) < 4.78 is 16.5. The molecule has 5 nitrogen and oxygen atoms in total. The Hall–Kier alpha value is -2.48. The van der Waals surface area contributed by atoms with E-state index in [2.05, 4.69) is 11.2 Å². The number of nitriles is 1. The van der Waals surface area contributed by atoms with E-state index < -0.39 is 0 Å². The molecule has 0 saturated heterocycles. The lowest BCUT2D eigenvalue weighted by Crippen LogP contribution is -2.04. The predicted octanol–water partition coefficient (Wildman–Crippen LogP) is 4.16. The molecule has 1 atom stereocenters. The van der Waals surface area contributed by atoms with Gasteiger partial charge in [-0.25, -0.2) is 0 Å². The number of para-hydroxylation sites is 2. The van der Waals surface area contributed by atoms with Gasteiger partial charge in [-0.15, -0.1) is 0 Å². The second kappa shape index (κ2) is 8.23. The molecule has 2 rings (SSSR count). The van der Waals surface area contributed by atoms with Gasteiger partial charge in [0.1, 0.15) is 5.76 Å². The van der Waals surface area contributed by atoms with Gasteiger partial charge >= 0.3 is 0 Å². The van der Waals surface area contributed by atoms with Crippen molar-refractivity contribution in [2.75, 3.05) is 13.2 Å². The van der Waals surface area contributed by atoms with Crippen LogP contribution in [0.15, 0.2) is 28.8 Å². The zero-order chi connectivity index (χ0) is 16.7. The molecular formula is C18H22N2O3. The van der Waals surface area contributed by atoms with Gasteiger partial charge in [0.2, 0.25) is 0 Å². The van der Waals surface area contributed by atoms with Crippen LogP contribution < -0.4 is 9.47 Å². The fourth-order valence-electron chi connectivity index (χ4n) is 2.57. The molecule has 0 aliphatic heterocycles. The third-order valence-electron chi connectivity index (χ3n) is 3.64. The largest absolute Gasteiger partial charge is 0.490 e. The lowest BCUT2D eigenvalue weighted by molar-refractivity contribution is 0.270. The van der Waals surface area contributed by atoms with E-state index in [0.717, 1.165) is 34.9 Å². The summed E-state index contributed by atoms with van der Waals surface area (Å²) in [5.74, 6) is 1.99. The maximum atomic E-state index is 9.40. The number of nitrogens with zero attached hydrogens (tertiary/aromatic N) is 2. The fourth-order valence-corrected chi connectivity index (χ4v) is 2.57. The van der Waals surface area contributed by atoms with Crippen LogP contribution in [0.5, 0.6) is 11.5 Å². The molecule has 0 radical (unpaired) electrons. The van der Waals surface area contributed by atoms with E-state index >= 15 is 0 Å².